The van der Waals surface area contributed by atoms with Gasteiger partial charge in [-0.05, 0) is 37.7 Å². The third-order valence-electron chi connectivity index (χ3n) is 2.72. The molecule has 0 radical (unpaired) electrons. The van der Waals surface area contributed by atoms with E-state index < -0.39 is 0 Å². The van der Waals surface area contributed by atoms with Gasteiger partial charge in [0, 0.05) is 19.6 Å². The van der Waals surface area contributed by atoms with Crippen LogP contribution in [0.1, 0.15) is 19.4 Å². The Bertz CT molecular complexity index is 322. The second kappa shape index (κ2) is 8.11. The molecular weight excluding hydrogens is 224 g/mol. The number of ether oxygens (including phenoxy) is 1. The van der Waals surface area contributed by atoms with Gasteiger partial charge in [-0.1, -0.05) is 26.0 Å². The standard InChI is InChI=1S/C15H26N2O/c1-13(2)12-17(4)9-10-18-15-7-5-14(6-8-15)11-16-3/h5-8,13,16H,9-12H2,1-4H3. The SMILES string of the molecule is CNCc1ccc(OCCN(C)CC(C)C)cc1. The fraction of sp³-hybridized carbons (Fsp3) is 0.600. The van der Waals surface area contributed by atoms with Crippen molar-refractivity contribution in [3.63, 3.8) is 0 Å². The van der Waals surface area contributed by atoms with Crippen LogP contribution >= 0.6 is 0 Å². The molecular formula is C15H26N2O. The van der Waals surface area contributed by atoms with Crippen molar-refractivity contribution in [3.8, 4) is 5.75 Å². The fourth-order valence-electron chi connectivity index (χ4n) is 1.94. The molecule has 18 heavy (non-hydrogen) atoms. The van der Waals surface area contributed by atoms with E-state index in [0.717, 1.165) is 32.0 Å². The lowest BCUT2D eigenvalue weighted by molar-refractivity contribution is 0.223. The molecule has 0 saturated heterocycles. The number of benzene rings is 1. The zero-order valence-corrected chi connectivity index (χ0v) is 12.1. The normalized spacial score (nSPS) is 11.2. The lowest BCUT2D eigenvalue weighted by Crippen LogP contribution is -2.27. The van der Waals surface area contributed by atoms with Crippen LogP contribution in [0.4, 0.5) is 0 Å². The minimum absolute atomic E-state index is 0.704. The van der Waals surface area contributed by atoms with E-state index in [1.165, 1.54) is 5.56 Å². The first-order valence-electron chi connectivity index (χ1n) is 6.66. The van der Waals surface area contributed by atoms with Gasteiger partial charge in [-0.3, -0.25) is 0 Å². The Morgan fingerprint density at radius 2 is 1.89 bits per heavy atom. The molecule has 1 aromatic rings. The molecule has 0 amide bonds. The van der Waals surface area contributed by atoms with Crippen LogP contribution in [0.5, 0.6) is 5.75 Å². The zero-order valence-electron chi connectivity index (χ0n) is 12.1. The first-order chi connectivity index (χ1) is 8.61. The van der Waals surface area contributed by atoms with Crippen molar-refractivity contribution in [2.24, 2.45) is 5.92 Å². The van der Waals surface area contributed by atoms with E-state index in [9.17, 15) is 0 Å². The maximum atomic E-state index is 5.73. The monoisotopic (exact) mass is 250 g/mol. The smallest absolute Gasteiger partial charge is 0.119 e. The van der Waals surface area contributed by atoms with Crippen molar-refractivity contribution in [1.29, 1.82) is 0 Å². The summed E-state index contributed by atoms with van der Waals surface area (Å²) in [6.45, 7) is 8.20. The van der Waals surface area contributed by atoms with Crippen molar-refractivity contribution in [2.75, 3.05) is 33.8 Å². The molecule has 0 saturated carbocycles. The Kier molecular flexibility index (Phi) is 6.76. The van der Waals surface area contributed by atoms with E-state index in [1.807, 2.05) is 19.2 Å². The van der Waals surface area contributed by atoms with Crippen LogP contribution in [0, 0.1) is 5.92 Å². The highest BCUT2D eigenvalue weighted by Crippen LogP contribution is 2.12. The maximum absolute atomic E-state index is 5.73. The molecule has 0 aromatic heterocycles. The van der Waals surface area contributed by atoms with Crippen molar-refractivity contribution in [3.05, 3.63) is 29.8 Å². The summed E-state index contributed by atoms with van der Waals surface area (Å²) in [6, 6.07) is 8.28. The van der Waals surface area contributed by atoms with Crippen molar-refractivity contribution in [2.45, 2.75) is 20.4 Å². The van der Waals surface area contributed by atoms with E-state index in [-0.39, 0.29) is 0 Å². The Balaban J connectivity index is 2.26. The van der Waals surface area contributed by atoms with E-state index in [2.05, 4.69) is 43.2 Å². The number of nitrogens with zero attached hydrogens (tertiary/aromatic N) is 1. The Morgan fingerprint density at radius 1 is 1.22 bits per heavy atom. The van der Waals surface area contributed by atoms with Crippen LogP contribution in [0.25, 0.3) is 0 Å². The van der Waals surface area contributed by atoms with Crippen LogP contribution in [0.2, 0.25) is 0 Å². The number of hydrogen-bond acceptors (Lipinski definition) is 3. The molecule has 1 N–H and O–H groups in total. The lowest BCUT2D eigenvalue weighted by atomic mass is 10.2. The highest BCUT2D eigenvalue weighted by molar-refractivity contribution is 5.27. The summed E-state index contributed by atoms with van der Waals surface area (Å²) < 4.78 is 5.73. The van der Waals surface area contributed by atoms with E-state index >= 15 is 0 Å². The first kappa shape index (κ1) is 15.0. The van der Waals surface area contributed by atoms with Crippen LogP contribution in [0.3, 0.4) is 0 Å². The second-order valence-corrected chi connectivity index (χ2v) is 5.18. The molecule has 0 fully saturated rings. The third kappa shape index (κ3) is 6.03. The summed E-state index contributed by atoms with van der Waals surface area (Å²) in [5.41, 5.74) is 1.28. The van der Waals surface area contributed by atoms with Crippen LogP contribution in [-0.4, -0.2) is 38.7 Å². The number of hydrogen-bond donors (Lipinski definition) is 1. The molecule has 0 spiro atoms. The summed E-state index contributed by atoms with van der Waals surface area (Å²) in [5, 5.41) is 3.13. The van der Waals surface area contributed by atoms with Gasteiger partial charge in [0.1, 0.15) is 12.4 Å². The number of rotatable bonds is 8. The van der Waals surface area contributed by atoms with E-state index in [4.69, 9.17) is 4.74 Å². The average molecular weight is 250 g/mol. The van der Waals surface area contributed by atoms with Gasteiger partial charge in [-0.25, -0.2) is 0 Å². The molecule has 0 aliphatic rings. The predicted molar refractivity (Wildman–Crippen MR) is 77.0 cm³/mol. The zero-order chi connectivity index (χ0) is 13.4. The largest absolute Gasteiger partial charge is 0.492 e. The molecule has 102 valence electrons. The summed E-state index contributed by atoms with van der Waals surface area (Å²) in [7, 11) is 4.09. The molecule has 0 heterocycles. The second-order valence-electron chi connectivity index (χ2n) is 5.18. The minimum atomic E-state index is 0.704. The lowest BCUT2D eigenvalue weighted by Gasteiger charge is -2.18. The third-order valence-corrected chi connectivity index (χ3v) is 2.72. The van der Waals surface area contributed by atoms with Gasteiger partial charge in [0.25, 0.3) is 0 Å². The molecule has 3 heteroatoms. The highest BCUT2D eigenvalue weighted by Gasteiger charge is 2.02. The Morgan fingerprint density at radius 3 is 2.44 bits per heavy atom. The molecule has 0 unspecified atom stereocenters. The van der Waals surface area contributed by atoms with Crippen molar-refractivity contribution >= 4 is 0 Å². The molecule has 0 aliphatic heterocycles. The van der Waals surface area contributed by atoms with Gasteiger partial charge >= 0.3 is 0 Å². The van der Waals surface area contributed by atoms with E-state index in [0.29, 0.717) is 5.92 Å². The van der Waals surface area contributed by atoms with Crippen molar-refractivity contribution < 1.29 is 4.74 Å². The first-order valence-corrected chi connectivity index (χ1v) is 6.66. The number of nitrogens with one attached hydrogen (secondary N) is 1. The molecule has 0 atom stereocenters. The summed E-state index contributed by atoms with van der Waals surface area (Å²) in [5.74, 6) is 1.66. The minimum Gasteiger partial charge on any atom is -0.492 e. The topological polar surface area (TPSA) is 24.5 Å². The van der Waals surface area contributed by atoms with Gasteiger partial charge in [0.05, 0.1) is 0 Å². The molecule has 3 nitrogen and oxygen atoms in total. The maximum Gasteiger partial charge on any atom is 0.119 e. The van der Waals surface area contributed by atoms with Gasteiger partial charge in [0.2, 0.25) is 0 Å². The quantitative estimate of drug-likeness (QED) is 0.766. The fourth-order valence-corrected chi connectivity index (χ4v) is 1.94. The van der Waals surface area contributed by atoms with E-state index in [1.54, 1.807) is 0 Å². The van der Waals surface area contributed by atoms with Crippen LogP contribution < -0.4 is 10.1 Å². The Hall–Kier alpha value is -1.06. The van der Waals surface area contributed by atoms with Gasteiger partial charge < -0.3 is 15.0 Å². The molecule has 1 rings (SSSR count). The molecule has 0 aliphatic carbocycles. The average Bonchev–Trinajstić information content (AvgIpc) is 2.31. The molecule has 1 aromatic carbocycles. The van der Waals surface area contributed by atoms with Crippen molar-refractivity contribution in [1.82, 2.24) is 10.2 Å². The summed E-state index contributed by atoms with van der Waals surface area (Å²) in [6.07, 6.45) is 0. The van der Waals surface area contributed by atoms with Crippen LogP contribution in [0.15, 0.2) is 24.3 Å². The number of likely N-dealkylation sites (N-methyl/N-ethyl adjacent to an activating group) is 1. The summed E-state index contributed by atoms with van der Waals surface area (Å²) in [4.78, 5) is 2.31. The highest BCUT2D eigenvalue weighted by atomic mass is 16.5. The van der Waals surface area contributed by atoms with Crippen LogP contribution in [-0.2, 0) is 6.54 Å². The Labute approximate surface area is 111 Å². The predicted octanol–water partition coefficient (Wildman–Crippen LogP) is 2.37. The van der Waals surface area contributed by atoms with Gasteiger partial charge in [-0.2, -0.15) is 0 Å². The summed E-state index contributed by atoms with van der Waals surface area (Å²) >= 11 is 0. The molecule has 0 bridgehead atoms. The van der Waals surface area contributed by atoms with Gasteiger partial charge in [0.15, 0.2) is 0 Å². The van der Waals surface area contributed by atoms with Gasteiger partial charge in [-0.15, -0.1) is 0 Å².